The second-order valence-electron chi connectivity index (χ2n) is 11.9. The zero-order valence-electron chi connectivity index (χ0n) is 25.1. The van der Waals surface area contributed by atoms with Gasteiger partial charge < -0.3 is 20.3 Å². The topological polar surface area (TPSA) is 156 Å². The predicted molar refractivity (Wildman–Crippen MR) is 169 cm³/mol. The van der Waals surface area contributed by atoms with Gasteiger partial charge in [0.15, 0.2) is 5.65 Å². The maximum Gasteiger partial charge on any atom is 0.252 e. The molecule has 13 heteroatoms. The summed E-state index contributed by atoms with van der Waals surface area (Å²) in [7, 11) is 1.89. The van der Waals surface area contributed by atoms with Gasteiger partial charge >= 0.3 is 0 Å². The number of aliphatic hydroxyl groups excluding tert-OH is 1. The van der Waals surface area contributed by atoms with E-state index in [9.17, 15) is 9.90 Å². The fourth-order valence-corrected chi connectivity index (χ4v) is 6.58. The Hall–Kier alpha value is -4.36. The second-order valence-corrected chi connectivity index (χ2v) is 11.9. The van der Waals surface area contributed by atoms with Gasteiger partial charge in [-0.25, -0.2) is 15.0 Å². The molecule has 2 aliphatic rings. The normalized spacial score (nSPS) is 17.3. The van der Waals surface area contributed by atoms with Crippen LogP contribution in [0, 0.1) is 5.92 Å². The number of pyridine rings is 3. The summed E-state index contributed by atoms with van der Waals surface area (Å²) in [6.07, 6.45) is 10.9. The van der Waals surface area contributed by atoms with Crippen LogP contribution in [0.4, 0.5) is 11.5 Å². The molecule has 7 rings (SSSR count). The van der Waals surface area contributed by atoms with Crippen LogP contribution in [0.15, 0.2) is 35.6 Å². The summed E-state index contributed by atoms with van der Waals surface area (Å²) in [5, 5.41) is 16.5. The zero-order valence-corrected chi connectivity index (χ0v) is 25.1. The summed E-state index contributed by atoms with van der Waals surface area (Å²) in [6, 6.07) is 5.64. The maximum atomic E-state index is 13.0. The molecule has 1 aliphatic carbocycles. The van der Waals surface area contributed by atoms with Gasteiger partial charge in [0.1, 0.15) is 22.5 Å². The Labute approximate surface area is 254 Å². The number of hydrogen-bond donors (Lipinski definition) is 4. The molecule has 0 spiro atoms. The van der Waals surface area contributed by atoms with E-state index in [1.807, 2.05) is 29.9 Å². The minimum absolute atomic E-state index is 0.118. The number of aliphatic hydroxyl groups is 1. The summed E-state index contributed by atoms with van der Waals surface area (Å²) in [6.45, 7) is 4.97. The molecule has 0 atom stereocenters. The molecule has 230 valence electrons. The Morgan fingerprint density at radius 2 is 1.93 bits per heavy atom. The van der Waals surface area contributed by atoms with Crippen LogP contribution >= 0.6 is 0 Å². The summed E-state index contributed by atoms with van der Waals surface area (Å²) in [5.74, 6) is 1.45. The lowest BCUT2D eigenvalue weighted by Crippen LogP contribution is -2.47. The highest BCUT2D eigenvalue weighted by molar-refractivity contribution is 6.13. The number of nitrogens with zero attached hydrogens (tertiary/aromatic N) is 8. The van der Waals surface area contributed by atoms with E-state index in [1.54, 1.807) is 12.4 Å². The minimum Gasteiger partial charge on any atom is -0.395 e. The van der Waals surface area contributed by atoms with Crippen LogP contribution in [0.5, 0.6) is 0 Å². The van der Waals surface area contributed by atoms with Crippen LogP contribution in [0.1, 0.15) is 48.9 Å². The molecule has 0 radical (unpaired) electrons. The molecule has 2 fully saturated rings. The van der Waals surface area contributed by atoms with E-state index < -0.39 is 0 Å². The lowest BCUT2D eigenvalue weighted by Gasteiger charge is -2.35. The number of β-amino-alcohol motifs (C(OH)–C–C–N with tert-alkyl or cyclic N) is 1. The molecule has 1 saturated heterocycles. The Bertz CT molecular complexity index is 1860. The van der Waals surface area contributed by atoms with Crippen molar-refractivity contribution in [2.24, 2.45) is 18.0 Å². The number of anilines is 1. The van der Waals surface area contributed by atoms with Crippen molar-refractivity contribution in [1.29, 1.82) is 0 Å². The summed E-state index contributed by atoms with van der Waals surface area (Å²) < 4.78 is 1.83. The SMILES string of the molecule is Cn1[nH]c2[nH]c3cc(C(=O)NCCC4CCCCC4)cnc3c3nc(=Nc4ccnc(N5CCN(CCO)CC5)c4)nc1c23. The van der Waals surface area contributed by atoms with Crippen molar-refractivity contribution in [3.05, 3.63) is 41.8 Å². The van der Waals surface area contributed by atoms with Crippen LogP contribution in [0.25, 0.3) is 33.2 Å². The Kier molecular flexibility index (Phi) is 7.96. The molecule has 6 heterocycles. The van der Waals surface area contributed by atoms with E-state index in [-0.39, 0.29) is 12.5 Å². The van der Waals surface area contributed by atoms with Crippen LogP contribution in [0.2, 0.25) is 0 Å². The molecule has 44 heavy (non-hydrogen) atoms. The molecule has 5 aromatic rings. The number of piperazine rings is 1. The van der Waals surface area contributed by atoms with Crippen molar-refractivity contribution in [3.63, 3.8) is 0 Å². The van der Waals surface area contributed by atoms with E-state index in [0.717, 1.165) is 49.5 Å². The van der Waals surface area contributed by atoms with Crippen molar-refractivity contribution in [2.45, 2.75) is 38.5 Å². The molecule has 0 aromatic carbocycles. The lowest BCUT2D eigenvalue weighted by molar-refractivity contribution is 0.0950. The Morgan fingerprint density at radius 3 is 2.75 bits per heavy atom. The standard InChI is InChI=1S/C31H39N11O2/c1-40-29-25-27(37-31(38-29)35-22-8-10-32-24(18-22)42-13-11-41(12-14-42)15-16-43)26-23(36-28(25)39-40)17-21(19-34-26)30(44)33-9-7-20-5-3-2-4-6-20/h8,10,17-20,36,39,43H,2-7,9,11-16H2,1H3,(H,33,44). The van der Waals surface area contributed by atoms with E-state index in [0.29, 0.717) is 58.1 Å². The minimum atomic E-state index is -0.118. The van der Waals surface area contributed by atoms with Gasteiger partial charge in [-0.2, -0.15) is 4.98 Å². The molecule has 1 saturated carbocycles. The van der Waals surface area contributed by atoms with Crippen LogP contribution in [-0.4, -0.2) is 96.5 Å². The third kappa shape index (κ3) is 5.76. The van der Waals surface area contributed by atoms with Gasteiger partial charge in [-0.3, -0.25) is 24.5 Å². The van der Waals surface area contributed by atoms with Crippen LogP contribution < -0.4 is 15.8 Å². The van der Waals surface area contributed by atoms with Gasteiger partial charge in [0, 0.05) is 64.8 Å². The zero-order chi connectivity index (χ0) is 30.0. The molecule has 4 N–H and O–H groups in total. The number of carbonyl (C=O) groups is 1. The molecule has 1 amide bonds. The first-order valence-electron chi connectivity index (χ1n) is 15.7. The Morgan fingerprint density at radius 1 is 1.09 bits per heavy atom. The monoisotopic (exact) mass is 597 g/mol. The summed E-state index contributed by atoms with van der Waals surface area (Å²) in [4.78, 5) is 44.6. The fraction of sp³-hybridized carbons (Fsp3) is 0.484. The maximum absolute atomic E-state index is 13.0. The molecular formula is C31H39N11O2. The highest BCUT2D eigenvalue weighted by atomic mass is 16.3. The molecule has 0 bridgehead atoms. The number of nitrogens with one attached hydrogen (secondary N) is 3. The lowest BCUT2D eigenvalue weighted by atomic mass is 9.87. The van der Waals surface area contributed by atoms with Crippen LogP contribution in [-0.2, 0) is 7.05 Å². The number of carbonyl (C=O) groups excluding carboxylic acids is 1. The number of H-pyrrole nitrogens is 2. The molecular weight excluding hydrogens is 558 g/mol. The van der Waals surface area contributed by atoms with Crippen molar-refractivity contribution in [2.75, 3.05) is 50.8 Å². The average molecular weight is 598 g/mol. The summed E-state index contributed by atoms with van der Waals surface area (Å²) >= 11 is 0. The molecule has 0 unspecified atom stereocenters. The van der Waals surface area contributed by atoms with Gasteiger partial charge in [-0.15, -0.1) is 0 Å². The smallest absolute Gasteiger partial charge is 0.252 e. The van der Waals surface area contributed by atoms with Gasteiger partial charge in [0.05, 0.1) is 28.8 Å². The van der Waals surface area contributed by atoms with E-state index in [2.05, 4.69) is 30.2 Å². The highest BCUT2D eigenvalue weighted by Gasteiger charge is 2.20. The van der Waals surface area contributed by atoms with E-state index in [1.165, 1.54) is 32.1 Å². The number of fused-ring (bicyclic) bond motifs is 2. The fourth-order valence-electron chi connectivity index (χ4n) is 6.58. The summed E-state index contributed by atoms with van der Waals surface area (Å²) in [5.41, 5.74) is 5.00. The van der Waals surface area contributed by atoms with Crippen molar-refractivity contribution in [3.8, 4) is 0 Å². The average Bonchev–Trinajstić information content (AvgIpc) is 3.36. The quantitative estimate of drug-likeness (QED) is 0.199. The molecule has 1 aliphatic heterocycles. The Balaban J connectivity index is 1.18. The van der Waals surface area contributed by atoms with Crippen molar-refractivity contribution in [1.82, 2.24) is 44.9 Å². The number of aromatic amines is 2. The largest absolute Gasteiger partial charge is 0.395 e. The second kappa shape index (κ2) is 12.3. The third-order valence-electron chi connectivity index (χ3n) is 8.99. The number of aryl methyl sites for hydroxylation is 1. The van der Waals surface area contributed by atoms with Gasteiger partial charge in [-0.05, 0) is 24.5 Å². The van der Waals surface area contributed by atoms with E-state index >= 15 is 0 Å². The number of hydrogen-bond acceptors (Lipinski definition) is 9. The third-order valence-corrected chi connectivity index (χ3v) is 8.99. The van der Waals surface area contributed by atoms with E-state index in [4.69, 9.17) is 19.9 Å². The van der Waals surface area contributed by atoms with Gasteiger partial charge in [-0.1, -0.05) is 32.1 Å². The highest BCUT2D eigenvalue weighted by Crippen LogP contribution is 2.28. The molecule has 5 aromatic heterocycles. The number of aromatic nitrogens is 7. The first-order valence-corrected chi connectivity index (χ1v) is 15.7. The number of amides is 1. The van der Waals surface area contributed by atoms with Crippen molar-refractivity contribution >= 4 is 50.6 Å². The number of rotatable bonds is 8. The predicted octanol–water partition coefficient (Wildman–Crippen LogP) is 2.77. The van der Waals surface area contributed by atoms with Crippen LogP contribution in [0.3, 0.4) is 0 Å². The first kappa shape index (κ1) is 28.4. The van der Waals surface area contributed by atoms with Crippen molar-refractivity contribution < 1.29 is 9.90 Å². The first-order chi connectivity index (χ1) is 21.6. The van der Waals surface area contributed by atoms with Gasteiger partial charge in [0.25, 0.3) is 11.5 Å². The molecule has 13 nitrogen and oxygen atoms in total. The van der Waals surface area contributed by atoms with Gasteiger partial charge in [0.2, 0.25) is 0 Å².